The Hall–Kier alpha value is -1.54. The molecule has 0 bridgehead atoms. The van der Waals surface area contributed by atoms with Crippen molar-refractivity contribution in [1.82, 2.24) is 9.97 Å². The SMILES string of the molecule is NC(=O)N(c1ncccn1)S(=O)[O-]. The summed E-state index contributed by atoms with van der Waals surface area (Å²) in [5.41, 5.74) is 4.78. The lowest BCUT2D eigenvalue weighted by Gasteiger charge is -2.18. The number of hydrogen-bond acceptors (Lipinski definition) is 5. The number of nitrogens with two attached hydrogens (primary N) is 1. The molecular weight excluding hydrogens is 196 g/mol. The van der Waals surface area contributed by atoms with Gasteiger partial charge in [-0.05, 0) is 6.07 Å². The van der Waals surface area contributed by atoms with Crippen LogP contribution < -0.4 is 10.0 Å². The topological polar surface area (TPSA) is 112 Å². The molecule has 0 aliphatic rings. The lowest BCUT2D eigenvalue weighted by Crippen LogP contribution is -2.38. The highest BCUT2D eigenvalue weighted by Crippen LogP contribution is 2.05. The van der Waals surface area contributed by atoms with Crippen LogP contribution in [0, 0.1) is 0 Å². The van der Waals surface area contributed by atoms with Gasteiger partial charge in [0.2, 0.25) is 5.95 Å². The molecular formula is C5H5N4O3S-. The van der Waals surface area contributed by atoms with Crippen LogP contribution in [0.25, 0.3) is 0 Å². The van der Waals surface area contributed by atoms with Gasteiger partial charge in [0.1, 0.15) is 0 Å². The summed E-state index contributed by atoms with van der Waals surface area (Å²) in [5.74, 6) is -0.275. The van der Waals surface area contributed by atoms with E-state index in [0.29, 0.717) is 0 Å². The molecule has 13 heavy (non-hydrogen) atoms. The molecule has 1 heterocycles. The van der Waals surface area contributed by atoms with E-state index in [-0.39, 0.29) is 10.3 Å². The Morgan fingerprint density at radius 2 is 2.08 bits per heavy atom. The molecule has 1 aromatic heterocycles. The molecule has 0 aliphatic carbocycles. The Bertz CT molecular complexity index is 316. The lowest BCUT2D eigenvalue weighted by atomic mass is 10.7. The molecule has 2 amide bonds. The van der Waals surface area contributed by atoms with Gasteiger partial charge in [0.25, 0.3) is 0 Å². The van der Waals surface area contributed by atoms with Crippen molar-refractivity contribution in [2.24, 2.45) is 5.73 Å². The molecule has 70 valence electrons. The minimum atomic E-state index is -2.80. The third-order valence-corrected chi connectivity index (χ3v) is 1.72. The summed E-state index contributed by atoms with van der Waals surface area (Å²) in [6, 6.07) is 0.329. The first kappa shape index (κ1) is 9.55. The minimum absolute atomic E-state index is 0.250. The smallest absolute Gasteiger partial charge is 0.333 e. The highest BCUT2D eigenvalue weighted by molar-refractivity contribution is 7.81. The van der Waals surface area contributed by atoms with E-state index in [2.05, 4.69) is 9.97 Å². The minimum Gasteiger partial charge on any atom is -0.755 e. The Morgan fingerprint density at radius 1 is 1.54 bits per heavy atom. The molecule has 1 unspecified atom stereocenters. The number of rotatable bonds is 2. The van der Waals surface area contributed by atoms with Crippen LogP contribution in [0.1, 0.15) is 0 Å². The molecule has 0 saturated heterocycles. The van der Waals surface area contributed by atoms with Crippen molar-refractivity contribution in [3.63, 3.8) is 0 Å². The first-order valence-electron chi connectivity index (χ1n) is 3.09. The second kappa shape index (κ2) is 3.92. The van der Waals surface area contributed by atoms with Crippen LogP contribution >= 0.6 is 0 Å². The van der Waals surface area contributed by atoms with Gasteiger partial charge in [-0.2, -0.15) is 4.31 Å². The highest BCUT2D eigenvalue weighted by Gasteiger charge is 2.15. The number of nitrogens with zero attached hydrogens (tertiary/aromatic N) is 3. The van der Waals surface area contributed by atoms with Gasteiger partial charge in [-0.3, -0.25) is 4.21 Å². The molecule has 0 spiro atoms. The van der Waals surface area contributed by atoms with Gasteiger partial charge in [0.15, 0.2) is 0 Å². The number of anilines is 1. The van der Waals surface area contributed by atoms with Crippen LogP contribution in [-0.4, -0.2) is 24.8 Å². The standard InChI is InChI=1S/C5H6N4O3S/c6-4(10)9(13(11)12)5-7-2-1-3-8-5/h1-3H,(H2,6,10)(H,11,12)/p-1. The summed E-state index contributed by atoms with van der Waals surface area (Å²) in [6.07, 6.45) is 2.59. The van der Waals surface area contributed by atoms with E-state index in [1.54, 1.807) is 0 Å². The molecule has 1 atom stereocenters. The second-order valence-corrected chi connectivity index (χ2v) is 2.70. The number of carbonyl (C=O) groups excluding carboxylic acids is 1. The molecule has 1 rings (SSSR count). The number of hydrogen-bond donors (Lipinski definition) is 1. The van der Waals surface area contributed by atoms with Gasteiger partial charge >= 0.3 is 6.03 Å². The maximum absolute atomic E-state index is 10.6. The molecule has 0 saturated carbocycles. The van der Waals surface area contributed by atoms with Crippen molar-refractivity contribution in [1.29, 1.82) is 0 Å². The maximum atomic E-state index is 10.6. The average Bonchev–Trinajstić information content (AvgIpc) is 2.04. The molecule has 0 aromatic carbocycles. The molecule has 2 N–H and O–H groups in total. The van der Waals surface area contributed by atoms with Crippen LogP contribution in [0.15, 0.2) is 18.5 Å². The third-order valence-electron chi connectivity index (χ3n) is 1.08. The fraction of sp³-hybridized carbons (Fsp3) is 0. The van der Waals surface area contributed by atoms with Crippen molar-refractivity contribution in [2.75, 3.05) is 4.31 Å². The lowest BCUT2D eigenvalue weighted by molar-refractivity contribution is 0.256. The van der Waals surface area contributed by atoms with Crippen LogP contribution in [0.5, 0.6) is 0 Å². The van der Waals surface area contributed by atoms with E-state index in [4.69, 9.17) is 5.73 Å². The number of carbonyl (C=O) groups is 1. The van der Waals surface area contributed by atoms with Gasteiger partial charge in [-0.15, -0.1) is 0 Å². The fourth-order valence-electron chi connectivity index (χ4n) is 0.635. The zero-order valence-corrected chi connectivity index (χ0v) is 7.10. The summed E-state index contributed by atoms with van der Waals surface area (Å²) in [4.78, 5) is 17.7. The van der Waals surface area contributed by atoms with Crippen LogP contribution in [0.3, 0.4) is 0 Å². The summed E-state index contributed by atoms with van der Waals surface area (Å²) in [6.45, 7) is 0. The van der Waals surface area contributed by atoms with E-state index in [0.717, 1.165) is 0 Å². The first-order valence-corrected chi connectivity index (χ1v) is 4.12. The van der Waals surface area contributed by atoms with Gasteiger partial charge in [-0.25, -0.2) is 14.8 Å². The Labute approximate surface area is 76.0 Å². The van der Waals surface area contributed by atoms with Crippen LogP contribution in [0.4, 0.5) is 10.7 Å². The van der Waals surface area contributed by atoms with Gasteiger partial charge in [0.05, 0.1) is 11.3 Å². The summed E-state index contributed by atoms with van der Waals surface area (Å²) < 4.78 is 21.2. The largest absolute Gasteiger partial charge is 0.755 e. The van der Waals surface area contributed by atoms with Crippen molar-refractivity contribution in [3.8, 4) is 0 Å². The number of aromatic nitrogens is 2. The number of amides is 2. The van der Waals surface area contributed by atoms with E-state index in [9.17, 15) is 13.6 Å². The Balaban J connectivity index is 3.03. The third kappa shape index (κ3) is 2.20. The van der Waals surface area contributed by atoms with Crippen molar-refractivity contribution < 1.29 is 13.6 Å². The fourth-order valence-corrected chi connectivity index (χ4v) is 1.01. The highest BCUT2D eigenvalue weighted by atomic mass is 32.2. The molecule has 8 heteroatoms. The van der Waals surface area contributed by atoms with Crippen molar-refractivity contribution in [2.45, 2.75) is 0 Å². The van der Waals surface area contributed by atoms with Gasteiger partial charge in [-0.1, -0.05) is 0 Å². The maximum Gasteiger partial charge on any atom is 0.333 e. The predicted molar refractivity (Wildman–Crippen MR) is 43.0 cm³/mol. The van der Waals surface area contributed by atoms with Crippen LogP contribution in [0.2, 0.25) is 0 Å². The van der Waals surface area contributed by atoms with Crippen molar-refractivity contribution in [3.05, 3.63) is 18.5 Å². The monoisotopic (exact) mass is 201 g/mol. The molecule has 0 aliphatic heterocycles. The van der Waals surface area contributed by atoms with E-state index >= 15 is 0 Å². The molecule has 7 nitrogen and oxygen atoms in total. The van der Waals surface area contributed by atoms with E-state index < -0.39 is 17.3 Å². The summed E-state index contributed by atoms with van der Waals surface area (Å²) >= 11 is -2.80. The number of primary amides is 1. The quantitative estimate of drug-likeness (QED) is 0.626. The van der Waals surface area contributed by atoms with E-state index in [1.807, 2.05) is 0 Å². The normalized spacial score (nSPS) is 12.1. The summed E-state index contributed by atoms with van der Waals surface area (Å²) in [5, 5.41) is 0. The average molecular weight is 201 g/mol. The first-order chi connectivity index (χ1) is 6.13. The van der Waals surface area contributed by atoms with Crippen LogP contribution in [-0.2, 0) is 11.3 Å². The molecule has 1 aromatic rings. The predicted octanol–water partition coefficient (Wildman–Crippen LogP) is -0.844. The molecule has 0 radical (unpaired) electrons. The zero-order valence-electron chi connectivity index (χ0n) is 6.28. The van der Waals surface area contributed by atoms with Crippen molar-refractivity contribution >= 4 is 23.2 Å². The zero-order chi connectivity index (χ0) is 9.84. The number of urea groups is 1. The van der Waals surface area contributed by atoms with E-state index in [1.165, 1.54) is 18.5 Å². The molecule has 0 fully saturated rings. The Morgan fingerprint density at radius 3 is 2.46 bits per heavy atom. The summed E-state index contributed by atoms with van der Waals surface area (Å²) in [7, 11) is 0. The van der Waals surface area contributed by atoms with Gasteiger partial charge < -0.3 is 10.3 Å². The van der Waals surface area contributed by atoms with Gasteiger partial charge in [0, 0.05) is 12.4 Å². The Kier molecular flexibility index (Phi) is 2.88. The second-order valence-electron chi connectivity index (χ2n) is 1.90.